The van der Waals surface area contributed by atoms with E-state index in [1.165, 1.54) is 0 Å². The van der Waals surface area contributed by atoms with Gasteiger partial charge in [-0.3, -0.25) is 0 Å². The van der Waals surface area contributed by atoms with E-state index in [1.807, 2.05) is 12.1 Å². The van der Waals surface area contributed by atoms with Gasteiger partial charge in [0.05, 0.1) is 21.3 Å². The average molecular weight is 302 g/mol. The van der Waals surface area contributed by atoms with Gasteiger partial charge in [0, 0.05) is 32.9 Å². The summed E-state index contributed by atoms with van der Waals surface area (Å²) in [4.78, 5) is 0. The standard InChI is InChI=1S/C13H22O6Si/c1-14-11-8-7-10(12(15-2)13(11)16-3)9-20(17-4,18-5)19-6/h7-8H,9H2,1-6H3. The smallest absolute Gasteiger partial charge is 0.493 e. The van der Waals surface area contributed by atoms with Gasteiger partial charge in [-0.25, -0.2) is 0 Å². The summed E-state index contributed by atoms with van der Waals surface area (Å²) in [5.41, 5.74) is 0.877. The molecular weight excluding hydrogens is 280 g/mol. The van der Waals surface area contributed by atoms with Gasteiger partial charge in [0.2, 0.25) is 5.75 Å². The molecule has 1 aromatic carbocycles. The summed E-state index contributed by atoms with van der Waals surface area (Å²) < 4.78 is 32.4. The minimum atomic E-state index is -2.75. The van der Waals surface area contributed by atoms with Crippen LogP contribution in [0.1, 0.15) is 5.56 Å². The van der Waals surface area contributed by atoms with E-state index in [0.717, 1.165) is 5.56 Å². The molecule has 1 aromatic rings. The summed E-state index contributed by atoms with van der Waals surface area (Å²) in [5, 5.41) is 0. The van der Waals surface area contributed by atoms with Crippen LogP contribution in [0, 0.1) is 0 Å². The molecule has 114 valence electrons. The Bertz CT molecular complexity index is 425. The van der Waals surface area contributed by atoms with Crippen LogP contribution in [0.25, 0.3) is 0 Å². The zero-order chi connectivity index (χ0) is 15.2. The zero-order valence-corrected chi connectivity index (χ0v) is 13.8. The number of hydrogen-bond donors (Lipinski definition) is 0. The van der Waals surface area contributed by atoms with Crippen LogP contribution in [-0.4, -0.2) is 51.5 Å². The predicted molar refractivity (Wildman–Crippen MR) is 76.6 cm³/mol. The SMILES string of the molecule is COc1ccc(C[Si](OC)(OC)OC)c(OC)c1OC. The van der Waals surface area contributed by atoms with E-state index >= 15 is 0 Å². The van der Waals surface area contributed by atoms with Gasteiger partial charge in [0.1, 0.15) is 0 Å². The van der Waals surface area contributed by atoms with Crippen molar-refractivity contribution in [1.82, 2.24) is 0 Å². The molecule has 6 nitrogen and oxygen atoms in total. The second-order valence-corrected chi connectivity index (χ2v) is 6.91. The number of rotatable bonds is 8. The number of methoxy groups -OCH3 is 3. The minimum absolute atomic E-state index is 0.472. The lowest BCUT2D eigenvalue weighted by atomic mass is 10.2. The van der Waals surface area contributed by atoms with Crippen LogP contribution < -0.4 is 14.2 Å². The van der Waals surface area contributed by atoms with Crippen molar-refractivity contribution < 1.29 is 27.5 Å². The summed E-state index contributed by atoms with van der Waals surface area (Å²) in [7, 11) is 6.71. The van der Waals surface area contributed by atoms with Gasteiger partial charge < -0.3 is 27.5 Å². The molecule has 0 fully saturated rings. The third-order valence-corrected chi connectivity index (χ3v) is 5.81. The molecule has 0 saturated carbocycles. The Kier molecular flexibility index (Phi) is 6.28. The summed E-state index contributed by atoms with van der Waals surface area (Å²) in [6, 6.07) is 4.18. The fourth-order valence-corrected chi connectivity index (χ4v) is 3.68. The molecule has 20 heavy (non-hydrogen) atoms. The van der Waals surface area contributed by atoms with Gasteiger partial charge >= 0.3 is 8.80 Å². The molecule has 0 aromatic heterocycles. The Balaban J connectivity index is 3.25. The topological polar surface area (TPSA) is 55.4 Å². The Hall–Kier alpha value is -1.28. The Labute approximate surface area is 120 Å². The van der Waals surface area contributed by atoms with E-state index in [1.54, 1.807) is 42.7 Å². The molecular formula is C13H22O6Si. The maximum Gasteiger partial charge on any atom is 0.504 e. The molecule has 0 unspecified atom stereocenters. The molecule has 0 aliphatic carbocycles. The van der Waals surface area contributed by atoms with E-state index in [0.29, 0.717) is 23.3 Å². The third kappa shape index (κ3) is 3.24. The average Bonchev–Trinajstić information content (AvgIpc) is 2.51. The maximum absolute atomic E-state index is 5.44. The molecule has 1 rings (SSSR count). The van der Waals surface area contributed by atoms with Crippen molar-refractivity contribution in [3.8, 4) is 17.2 Å². The quantitative estimate of drug-likeness (QED) is 0.681. The first kappa shape index (κ1) is 16.8. The lowest BCUT2D eigenvalue weighted by Gasteiger charge is -2.25. The fraction of sp³-hybridized carbons (Fsp3) is 0.538. The van der Waals surface area contributed by atoms with E-state index < -0.39 is 8.80 Å². The van der Waals surface area contributed by atoms with Crippen molar-refractivity contribution in [3.05, 3.63) is 17.7 Å². The Morgan fingerprint density at radius 2 is 1.30 bits per heavy atom. The largest absolute Gasteiger partial charge is 0.504 e. The molecule has 0 heterocycles. The fourth-order valence-electron chi connectivity index (χ4n) is 2.00. The van der Waals surface area contributed by atoms with Crippen molar-refractivity contribution in [2.45, 2.75) is 6.04 Å². The van der Waals surface area contributed by atoms with Gasteiger partial charge in [0.15, 0.2) is 11.5 Å². The predicted octanol–water partition coefficient (Wildman–Crippen LogP) is 1.67. The molecule has 0 spiro atoms. The van der Waals surface area contributed by atoms with Crippen LogP contribution in [0.5, 0.6) is 17.2 Å². The lowest BCUT2D eigenvalue weighted by Crippen LogP contribution is -2.45. The van der Waals surface area contributed by atoms with Gasteiger partial charge in [-0.05, 0) is 6.07 Å². The van der Waals surface area contributed by atoms with E-state index in [4.69, 9.17) is 27.5 Å². The molecule has 0 saturated heterocycles. The number of benzene rings is 1. The van der Waals surface area contributed by atoms with Crippen LogP contribution in [0.15, 0.2) is 12.1 Å². The summed E-state index contributed by atoms with van der Waals surface area (Å²) >= 11 is 0. The number of ether oxygens (including phenoxy) is 3. The second kappa shape index (κ2) is 7.49. The highest BCUT2D eigenvalue weighted by molar-refractivity contribution is 6.60. The third-order valence-electron chi connectivity index (χ3n) is 3.13. The van der Waals surface area contributed by atoms with Crippen molar-refractivity contribution >= 4 is 8.80 Å². The summed E-state index contributed by atoms with van der Waals surface area (Å²) in [6.07, 6.45) is 0. The van der Waals surface area contributed by atoms with Gasteiger partial charge in [-0.2, -0.15) is 0 Å². The highest BCUT2D eigenvalue weighted by atomic mass is 28.4. The van der Waals surface area contributed by atoms with Gasteiger partial charge in [-0.15, -0.1) is 0 Å². The molecule has 0 bridgehead atoms. The van der Waals surface area contributed by atoms with Crippen LogP contribution in [0.2, 0.25) is 0 Å². The van der Waals surface area contributed by atoms with E-state index in [2.05, 4.69) is 0 Å². The molecule has 0 aliphatic heterocycles. The van der Waals surface area contributed by atoms with Crippen LogP contribution in [0.3, 0.4) is 0 Å². The van der Waals surface area contributed by atoms with Crippen molar-refractivity contribution in [1.29, 1.82) is 0 Å². The number of hydrogen-bond acceptors (Lipinski definition) is 6. The first-order valence-electron chi connectivity index (χ1n) is 6.04. The van der Waals surface area contributed by atoms with Gasteiger partial charge in [-0.1, -0.05) is 6.07 Å². The molecule has 7 heteroatoms. The van der Waals surface area contributed by atoms with Crippen molar-refractivity contribution in [3.63, 3.8) is 0 Å². The van der Waals surface area contributed by atoms with E-state index in [-0.39, 0.29) is 0 Å². The normalized spacial score (nSPS) is 11.3. The first-order valence-corrected chi connectivity index (χ1v) is 7.97. The highest BCUT2D eigenvalue weighted by Gasteiger charge is 2.39. The van der Waals surface area contributed by atoms with Gasteiger partial charge in [0.25, 0.3) is 0 Å². The lowest BCUT2D eigenvalue weighted by molar-refractivity contribution is 0.122. The molecule has 0 aliphatic rings. The zero-order valence-electron chi connectivity index (χ0n) is 12.8. The monoisotopic (exact) mass is 302 g/mol. The first-order chi connectivity index (χ1) is 9.61. The Morgan fingerprint density at radius 3 is 1.70 bits per heavy atom. The minimum Gasteiger partial charge on any atom is -0.493 e. The van der Waals surface area contributed by atoms with Crippen molar-refractivity contribution in [2.24, 2.45) is 0 Å². The summed E-state index contributed by atoms with van der Waals surface area (Å²) in [6.45, 7) is 0. The molecule has 0 radical (unpaired) electrons. The van der Waals surface area contributed by atoms with Crippen LogP contribution in [0.4, 0.5) is 0 Å². The molecule has 0 N–H and O–H groups in total. The van der Waals surface area contributed by atoms with E-state index in [9.17, 15) is 0 Å². The van der Waals surface area contributed by atoms with Crippen molar-refractivity contribution in [2.75, 3.05) is 42.7 Å². The maximum atomic E-state index is 5.44. The summed E-state index contributed by atoms with van der Waals surface area (Å²) in [5.74, 6) is 1.74. The highest BCUT2D eigenvalue weighted by Crippen LogP contribution is 2.40. The van der Waals surface area contributed by atoms with Crippen LogP contribution >= 0.6 is 0 Å². The molecule has 0 atom stereocenters. The second-order valence-electron chi connectivity index (χ2n) is 3.97. The Morgan fingerprint density at radius 1 is 0.750 bits per heavy atom. The molecule has 0 amide bonds. The van der Waals surface area contributed by atoms with Crippen LogP contribution in [-0.2, 0) is 19.3 Å².